The van der Waals surface area contributed by atoms with Gasteiger partial charge in [0.05, 0.1) is 18.9 Å². The van der Waals surface area contributed by atoms with E-state index in [-0.39, 0.29) is 12.8 Å². The van der Waals surface area contributed by atoms with Gasteiger partial charge in [0.2, 0.25) is 0 Å². The Bertz CT molecular complexity index is 277. The van der Waals surface area contributed by atoms with Crippen LogP contribution in [0.1, 0.15) is 53.4 Å². The van der Waals surface area contributed by atoms with Crippen molar-refractivity contribution in [1.82, 2.24) is 0 Å². The SMILES string of the molecule is CC(C)(CC(=O)O)CC(O)CC(C)(C)CC(=O)O. The molecular weight excluding hydrogens is 236 g/mol. The molecule has 18 heavy (non-hydrogen) atoms. The van der Waals surface area contributed by atoms with Crippen molar-refractivity contribution in [2.75, 3.05) is 0 Å². The predicted molar refractivity (Wildman–Crippen MR) is 67.3 cm³/mol. The lowest BCUT2D eigenvalue weighted by molar-refractivity contribution is -0.140. The molecule has 5 heteroatoms. The molecule has 0 spiro atoms. The standard InChI is InChI=1S/C13H24O5/c1-12(2,7-10(15)16)5-9(14)6-13(3,4)8-11(17)18/h9,14H,5-8H2,1-4H3,(H,15,16)(H,17,18). The van der Waals surface area contributed by atoms with Crippen LogP contribution in [0.5, 0.6) is 0 Å². The monoisotopic (exact) mass is 260 g/mol. The summed E-state index contributed by atoms with van der Waals surface area (Å²) < 4.78 is 0. The molecular formula is C13H24O5. The number of carboxylic acids is 2. The van der Waals surface area contributed by atoms with Gasteiger partial charge in [-0.15, -0.1) is 0 Å². The van der Waals surface area contributed by atoms with Crippen LogP contribution in [-0.2, 0) is 9.59 Å². The maximum absolute atomic E-state index is 10.7. The van der Waals surface area contributed by atoms with Crippen LogP contribution in [0.3, 0.4) is 0 Å². The number of carboxylic acid groups (broad SMARTS) is 2. The Hall–Kier alpha value is -1.10. The molecule has 0 heterocycles. The normalized spacial score (nSPS) is 12.8. The van der Waals surface area contributed by atoms with Crippen molar-refractivity contribution in [2.45, 2.75) is 59.5 Å². The van der Waals surface area contributed by atoms with Crippen molar-refractivity contribution in [3.63, 3.8) is 0 Å². The molecule has 0 aliphatic rings. The van der Waals surface area contributed by atoms with Gasteiger partial charge in [-0.3, -0.25) is 9.59 Å². The topological polar surface area (TPSA) is 94.8 Å². The van der Waals surface area contributed by atoms with E-state index in [1.165, 1.54) is 0 Å². The number of hydrogen-bond donors (Lipinski definition) is 3. The fourth-order valence-corrected chi connectivity index (χ4v) is 2.31. The number of aliphatic carboxylic acids is 2. The summed E-state index contributed by atoms with van der Waals surface area (Å²) in [5, 5.41) is 27.5. The molecule has 3 N–H and O–H groups in total. The van der Waals surface area contributed by atoms with E-state index in [4.69, 9.17) is 10.2 Å². The molecule has 0 fully saturated rings. The Labute approximate surface area is 108 Å². The van der Waals surface area contributed by atoms with Crippen LogP contribution in [-0.4, -0.2) is 33.4 Å². The highest BCUT2D eigenvalue weighted by molar-refractivity contribution is 5.68. The van der Waals surface area contributed by atoms with E-state index in [1.807, 2.05) is 0 Å². The summed E-state index contributed by atoms with van der Waals surface area (Å²) in [6.07, 6.45) is -0.00828. The van der Waals surface area contributed by atoms with Crippen molar-refractivity contribution in [1.29, 1.82) is 0 Å². The molecule has 0 atom stereocenters. The van der Waals surface area contributed by atoms with Crippen molar-refractivity contribution in [2.24, 2.45) is 10.8 Å². The molecule has 0 radical (unpaired) electrons. The summed E-state index contributed by atoms with van der Waals surface area (Å²) in [5.74, 6) is -1.78. The van der Waals surface area contributed by atoms with Gasteiger partial charge in [-0.2, -0.15) is 0 Å². The maximum atomic E-state index is 10.7. The van der Waals surface area contributed by atoms with E-state index in [0.717, 1.165) is 0 Å². The fourth-order valence-electron chi connectivity index (χ4n) is 2.31. The van der Waals surface area contributed by atoms with Crippen molar-refractivity contribution in [3.05, 3.63) is 0 Å². The molecule has 0 saturated carbocycles. The van der Waals surface area contributed by atoms with Crippen LogP contribution >= 0.6 is 0 Å². The minimum atomic E-state index is -0.892. The van der Waals surface area contributed by atoms with Gasteiger partial charge in [0, 0.05) is 0 Å². The second-order valence-corrected chi connectivity index (χ2v) is 6.53. The van der Waals surface area contributed by atoms with Crippen LogP contribution in [0, 0.1) is 10.8 Å². The third-order valence-electron chi connectivity index (χ3n) is 2.84. The molecule has 0 aromatic rings. The first kappa shape index (κ1) is 16.9. The average molecular weight is 260 g/mol. The Balaban J connectivity index is 4.37. The minimum Gasteiger partial charge on any atom is -0.481 e. The molecule has 5 nitrogen and oxygen atoms in total. The van der Waals surface area contributed by atoms with E-state index in [2.05, 4.69) is 0 Å². The average Bonchev–Trinajstić information content (AvgIpc) is 1.92. The van der Waals surface area contributed by atoms with E-state index in [9.17, 15) is 14.7 Å². The van der Waals surface area contributed by atoms with Gasteiger partial charge < -0.3 is 15.3 Å². The summed E-state index contributed by atoms with van der Waals surface area (Å²) in [4.78, 5) is 21.3. The Kier molecular flexibility index (Phi) is 5.80. The lowest BCUT2D eigenvalue weighted by atomic mass is 9.77. The highest BCUT2D eigenvalue weighted by Crippen LogP contribution is 2.33. The zero-order valence-corrected chi connectivity index (χ0v) is 11.6. The molecule has 106 valence electrons. The van der Waals surface area contributed by atoms with Crippen LogP contribution in [0.2, 0.25) is 0 Å². The van der Waals surface area contributed by atoms with E-state index in [0.29, 0.717) is 12.8 Å². The predicted octanol–water partition coefficient (Wildman–Crippen LogP) is 2.13. The number of aliphatic hydroxyl groups excluding tert-OH is 1. The first-order chi connectivity index (χ1) is 7.93. The molecule has 0 rings (SSSR count). The lowest BCUT2D eigenvalue weighted by Crippen LogP contribution is -2.29. The number of carbonyl (C=O) groups is 2. The van der Waals surface area contributed by atoms with Gasteiger partial charge in [0.1, 0.15) is 0 Å². The number of rotatable bonds is 8. The van der Waals surface area contributed by atoms with E-state index >= 15 is 0 Å². The summed E-state index contributed by atoms with van der Waals surface area (Å²) in [5.41, 5.74) is -0.991. The zero-order valence-electron chi connectivity index (χ0n) is 11.6. The minimum absolute atomic E-state index is 0.0105. The molecule has 0 amide bonds. The molecule has 0 aromatic heterocycles. The summed E-state index contributed by atoms with van der Waals surface area (Å²) in [6, 6.07) is 0. The lowest BCUT2D eigenvalue weighted by Gasteiger charge is -2.30. The van der Waals surface area contributed by atoms with Crippen molar-refractivity contribution < 1.29 is 24.9 Å². The third-order valence-corrected chi connectivity index (χ3v) is 2.84. The third kappa shape index (κ3) is 8.06. The van der Waals surface area contributed by atoms with E-state index < -0.39 is 28.9 Å². The summed E-state index contributed by atoms with van der Waals surface area (Å²) in [7, 11) is 0. The van der Waals surface area contributed by atoms with Gasteiger partial charge >= 0.3 is 11.9 Å². The van der Waals surface area contributed by atoms with Crippen LogP contribution in [0.25, 0.3) is 0 Å². The van der Waals surface area contributed by atoms with Gasteiger partial charge in [0.15, 0.2) is 0 Å². The number of aliphatic hydroxyl groups is 1. The molecule has 0 bridgehead atoms. The second kappa shape index (κ2) is 6.18. The summed E-state index contributed by atoms with van der Waals surface area (Å²) >= 11 is 0. The number of hydrogen-bond acceptors (Lipinski definition) is 3. The first-order valence-electron chi connectivity index (χ1n) is 6.05. The second-order valence-electron chi connectivity index (χ2n) is 6.53. The Morgan fingerprint density at radius 1 is 0.889 bits per heavy atom. The van der Waals surface area contributed by atoms with Crippen LogP contribution in [0.4, 0.5) is 0 Å². The quantitative estimate of drug-likeness (QED) is 0.621. The van der Waals surface area contributed by atoms with Gasteiger partial charge in [-0.1, -0.05) is 27.7 Å². The fraction of sp³-hybridized carbons (Fsp3) is 0.846. The van der Waals surface area contributed by atoms with Crippen LogP contribution < -0.4 is 0 Å². The smallest absolute Gasteiger partial charge is 0.303 e. The highest BCUT2D eigenvalue weighted by Gasteiger charge is 2.30. The molecule has 0 saturated heterocycles. The van der Waals surface area contributed by atoms with E-state index in [1.54, 1.807) is 27.7 Å². The molecule has 0 aromatic carbocycles. The molecule has 0 aliphatic heterocycles. The van der Waals surface area contributed by atoms with Gasteiger partial charge in [-0.25, -0.2) is 0 Å². The highest BCUT2D eigenvalue weighted by atomic mass is 16.4. The van der Waals surface area contributed by atoms with Gasteiger partial charge in [-0.05, 0) is 23.7 Å². The molecule has 0 aliphatic carbocycles. The Morgan fingerprint density at radius 2 is 1.17 bits per heavy atom. The first-order valence-corrected chi connectivity index (χ1v) is 6.05. The van der Waals surface area contributed by atoms with Crippen LogP contribution in [0.15, 0.2) is 0 Å². The van der Waals surface area contributed by atoms with Crippen molar-refractivity contribution >= 4 is 11.9 Å². The zero-order chi connectivity index (χ0) is 14.6. The van der Waals surface area contributed by atoms with Gasteiger partial charge in [0.25, 0.3) is 0 Å². The Morgan fingerprint density at radius 3 is 1.39 bits per heavy atom. The largest absolute Gasteiger partial charge is 0.481 e. The maximum Gasteiger partial charge on any atom is 0.303 e. The van der Waals surface area contributed by atoms with Crippen molar-refractivity contribution in [3.8, 4) is 0 Å². The molecule has 0 unspecified atom stereocenters. The summed E-state index contributed by atoms with van der Waals surface area (Å²) in [6.45, 7) is 7.14.